The van der Waals surface area contributed by atoms with E-state index in [1.54, 1.807) is 32.2 Å². The van der Waals surface area contributed by atoms with E-state index in [-0.39, 0.29) is 5.97 Å². The number of anilines is 3. The van der Waals surface area contributed by atoms with Gasteiger partial charge >= 0.3 is 5.97 Å². The van der Waals surface area contributed by atoms with Crippen molar-refractivity contribution in [1.29, 1.82) is 0 Å². The van der Waals surface area contributed by atoms with Crippen LogP contribution in [-0.4, -0.2) is 42.8 Å². The Balaban J connectivity index is 2.20. The van der Waals surface area contributed by atoms with E-state index >= 15 is 0 Å². The summed E-state index contributed by atoms with van der Waals surface area (Å²) in [5.74, 6) is 0.717. The smallest absolute Gasteiger partial charge is 0.340 e. The number of aryl methyl sites for hydroxylation is 1. The summed E-state index contributed by atoms with van der Waals surface area (Å²) in [6.07, 6.45) is 0. The summed E-state index contributed by atoms with van der Waals surface area (Å²) in [6, 6.07) is 8.95. The molecule has 0 aliphatic heterocycles. The van der Waals surface area contributed by atoms with Crippen LogP contribution in [-0.2, 0) is 9.47 Å². The SMILES string of the molecule is CCOC(=O)c1ccccc1Nc1nc(C)cc(NCCOC)n1. The molecule has 1 aromatic carbocycles. The van der Waals surface area contributed by atoms with Gasteiger partial charge in [0.2, 0.25) is 5.95 Å². The summed E-state index contributed by atoms with van der Waals surface area (Å²) in [5.41, 5.74) is 1.85. The van der Waals surface area contributed by atoms with Gasteiger partial charge < -0.3 is 20.1 Å². The maximum atomic E-state index is 12.0. The van der Waals surface area contributed by atoms with Gasteiger partial charge in [0.05, 0.1) is 24.5 Å². The van der Waals surface area contributed by atoms with Crippen molar-refractivity contribution in [3.8, 4) is 0 Å². The minimum atomic E-state index is -0.383. The van der Waals surface area contributed by atoms with E-state index in [0.717, 1.165) is 5.69 Å². The lowest BCUT2D eigenvalue weighted by molar-refractivity contribution is 0.0527. The molecule has 24 heavy (non-hydrogen) atoms. The summed E-state index contributed by atoms with van der Waals surface area (Å²) >= 11 is 0. The fraction of sp³-hybridized carbons (Fsp3) is 0.353. The molecule has 128 valence electrons. The van der Waals surface area contributed by atoms with Gasteiger partial charge in [-0.3, -0.25) is 0 Å². The van der Waals surface area contributed by atoms with Gasteiger partial charge in [0, 0.05) is 25.4 Å². The largest absolute Gasteiger partial charge is 0.462 e. The molecule has 0 atom stereocenters. The maximum absolute atomic E-state index is 12.0. The van der Waals surface area contributed by atoms with Crippen molar-refractivity contribution >= 4 is 23.4 Å². The number of carbonyl (C=O) groups is 1. The Bertz CT molecular complexity index is 691. The molecule has 2 rings (SSSR count). The van der Waals surface area contributed by atoms with Crippen molar-refractivity contribution < 1.29 is 14.3 Å². The topological polar surface area (TPSA) is 85.4 Å². The molecule has 0 saturated heterocycles. The summed E-state index contributed by atoms with van der Waals surface area (Å²) in [4.78, 5) is 20.8. The predicted molar refractivity (Wildman–Crippen MR) is 92.8 cm³/mol. The summed E-state index contributed by atoms with van der Waals surface area (Å²) in [6.45, 7) is 5.20. The lowest BCUT2D eigenvalue weighted by atomic mass is 10.2. The Kier molecular flexibility index (Phi) is 6.51. The van der Waals surface area contributed by atoms with E-state index in [4.69, 9.17) is 9.47 Å². The second-order valence-electron chi connectivity index (χ2n) is 5.03. The Hall–Kier alpha value is -2.67. The molecule has 7 heteroatoms. The van der Waals surface area contributed by atoms with Crippen LogP contribution in [0.3, 0.4) is 0 Å². The van der Waals surface area contributed by atoms with Crippen molar-refractivity contribution in [2.45, 2.75) is 13.8 Å². The number of rotatable bonds is 8. The fourth-order valence-corrected chi connectivity index (χ4v) is 2.10. The van der Waals surface area contributed by atoms with Gasteiger partial charge in [-0.15, -0.1) is 0 Å². The zero-order chi connectivity index (χ0) is 17.4. The number of nitrogens with zero attached hydrogens (tertiary/aromatic N) is 2. The van der Waals surface area contributed by atoms with Crippen LogP contribution in [0.5, 0.6) is 0 Å². The monoisotopic (exact) mass is 330 g/mol. The number of para-hydroxylation sites is 1. The van der Waals surface area contributed by atoms with Crippen LogP contribution in [0.25, 0.3) is 0 Å². The molecule has 1 heterocycles. The molecule has 0 radical (unpaired) electrons. The van der Waals surface area contributed by atoms with Gasteiger partial charge in [0.15, 0.2) is 0 Å². The van der Waals surface area contributed by atoms with Crippen LogP contribution in [0, 0.1) is 6.92 Å². The highest BCUT2D eigenvalue weighted by Crippen LogP contribution is 2.21. The number of esters is 1. The summed E-state index contributed by atoms with van der Waals surface area (Å²) < 4.78 is 10.1. The van der Waals surface area contributed by atoms with Crippen molar-refractivity contribution in [2.24, 2.45) is 0 Å². The van der Waals surface area contributed by atoms with E-state index in [0.29, 0.717) is 42.8 Å². The Morgan fingerprint density at radius 1 is 1.25 bits per heavy atom. The molecule has 0 spiro atoms. The van der Waals surface area contributed by atoms with E-state index in [1.807, 2.05) is 19.1 Å². The number of nitrogens with one attached hydrogen (secondary N) is 2. The van der Waals surface area contributed by atoms with Crippen LogP contribution >= 0.6 is 0 Å². The first-order chi connectivity index (χ1) is 11.6. The van der Waals surface area contributed by atoms with Gasteiger partial charge in [0.25, 0.3) is 0 Å². The molecule has 0 amide bonds. The molecule has 2 N–H and O–H groups in total. The average Bonchev–Trinajstić information content (AvgIpc) is 2.55. The van der Waals surface area contributed by atoms with E-state index in [9.17, 15) is 4.79 Å². The molecule has 2 aromatic rings. The number of carbonyl (C=O) groups excluding carboxylic acids is 1. The average molecular weight is 330 g/mol. The molecular weight excluding hydrogens is 308 g/mol. The Labute approximate surface area is 141 Å². The lowest BCUT2D eigenvalue weighted by Crippen LogP contribution is -2.12. The summed E-state index contributed by atoms with van der Waals surface area (Å²) in [5, 5.41) is 6.25. The standard InChI is InChI=1S/C17H22N4O3/c1-4-24-16(22)13-7-5-6-8-14(13)20-17-19-12(2)11-15(21-17)18-9-10-23-3/h5-8,11H,4,9-10H2,1-3H3,(H2,18,19,20,21). The van der Waals surface area contributed by atoms with Gasteiger partial charge in [-0.2, -0.15) is 4.98 Å². The second kappa shape index (κ2) is 8.83. The highest BCUT2D eigenvalue weighted by molar-refractivity contribution is 5.96. The number of methoxy groups -OCH3 is 1. The molecule has 0 bridgehead atoms. The van der Waals surface area contributed by atoms with Crippen LogP contribution in [0.15, 0.2) is 30.3 Å². The molecule has 0 saturated carbocycles. The second-order valence-corrected chi connectivity index (χ2v) is 5.03. The van der Waals surface area contributed by atoms with Crippen LogP contribution in [0.1, 0.15) is 23.0 Å². The van der Waals surface area contributed by atoms with Crippen LogP contribution < -0.4 is 10.6 Å². The van der Waals surface area contributed by atoms with Gasteiger partial charge in [-0.05, 0) is 26.0 Å². The number of hydrogen-bond donors (Lipinski definition) is 2. The first-order valence-electron chi connectivity index (χ1n) is 7.75. The molecule has 0 unspecified atom stereocenters. The molecule has 1 aromatic heterocycles. The maximum Gasteiger partial charge on any atom is 0.340 e. The van der Waals surface area contributed by atoms with E-state index < -0.39 is 0 Å². The molecule has 0 aliphatic rings. The number of aromatic nitrogens is 2. The molecular formula is C17H22N4O3. The van der Waals surface area contributed by atoms with E-state index in [1.165, 1.54) is 0 Å². The molecule has 0 aliphatic carbocycles. The zero-order valence-electron chi connectivity index (χ0n) is 14.1. The van der Waals surface area contributed by atoms with Crippen molar-refractivity contribution in [1.82, 2.24) is 9.97 Å². The predicted octanol–water partition coefficient (Wildman–Crippen LogP) is 2.76. The number of hydrogen-bond acceptors (Lipinski definition) is 7. The number of ether oxygens (including phenoxy) is 2. The van der Waals surface area contributed by atoms with Gasteiger partial charge in [0.1, 0.15) is 5.82 Å². The first kappa shape index (κ1) is 17.7. The van der Waals surface area contributed by atoms with Crippen molar-refractivity contribution in [3.63, 3.8) is 0 Å². The minimum absolute atomic E-state index is 0.321. The molecule has 0 fully saturated rings. The van der Waals surface area contributed by atoms with Crippen LogP contribution in [0.2, 0.25) is 0 Å². The van der Waals surface area contributed by atoms with Crippen LogP contribution in [0.4, 0.5) is 17.5 Å². The van der Waals surface area contributed by atoms with Crippen molar-refractivity contribution in [2.75, 3.05) is 37.5 Å². The highest BCUT2D eigenvalue weighted by atomic mass is 16.5. The highest BCUT2D eigenvalue weighted by Gasteiger charge is 2.13. The zero-order valence-corrected chi connectivity index (χ0v) is 14.1. The number of benzene rings is 1. The first-order valence-corrected chi connectivity index (χ1v) is 7.75. The normalized spacial score (nSPS) is 10.3. The summed E-state index contributed by atoms with van der Waals surface area (Å²) in [7, 11) is 1.65. The van der Waals surface area contributed by atoms with E-state index in [2.05, 4.69) is 20.6 Å². The lowest BCUT2D eigenvalue weighted by Gasteiger charge is -2.12. The molecule has 7 nitrogen and oxygen atoms in total. The third-order valence-electron chi connectivity index (χ3n) is 3.14. The Morgan fingerprint density at radius 3 is 2.79 bits per heavy atom. The minimum Gasteiger partial charge on any atom is -0.462 e. The third kappa shape index (κ3) is 4.92. The van der Waals surface area contributed by atoms with Gasteiger partial charge in [-0.25, -0.2) is 9.78 Å². The Morgan fingerprint density at radius 2 is 2.04 bits per heavy atom. The van der Waals surface area contributed by atoms with Gasteiger partial charge in [-0.1, -0.05) is 12.1 Å². The van der Waals surface area contributed by atoms with Crippen molar-refractivity contribution in [3.05, 3.63) is 41.6 Å². The quantitative estimate of drug-likeness (QED) is 0.568. The fourth-order valence-electron chi connectivity index (χ4n) is 2.10. The third-order valence-corrected chi connectivity index (χ3v) is 3.14.